The number of likely N-dealkylation sites (tertiary alicyclic amines) is 1. The fourth-order valence-corrected chi connectivity index (χ4v) is 3.76. The molecule has 0 unspecified atom stereocenters. The number of pyridine rings is 1. The summed E-state index contributed by atoms with van der Waals surface area (Å²) in [7, 11) is 0. The first-order valence-corrected chi connectivity index (χ1v) is 8.72. The Labute approximate surface area is 142 Å². The van der Waals surface area contributed by atoms with Gasteiger partial charge < -0.3 is 4.90 Å². The quantitative estimate of drug-likeness (QED) is 0.842. The predicted octanol–water partition coefficient (Wildman–Crippen LogP) is 1.85. The second kappa shape index (κ2) is 6.73. The van der Waals surface area contributed by atoms with Crippen LogP contribution < -0.4 is 0 Å². The lowest BCUT2D eigenvalue weighted by Crippen LogP contribution is -2.39. The monoisotopic (exact) mass is 325 g/mol. The fourth-order valence-electron chi connectivity index (χ4n) is 3.76. The Kier molecular flexibility index (Phi) is 4.30. The van der Waals surface area contributed by atoms with Crippen LogP contribution in [-0.2, 0) is 17.9 Å². The zero-order chi connectivity index (χ0) is 16.4. The van der Waals surface area contributed by atoms with Crippen molar-refractivity contribution < 1.29 is 4.79 Å². The number of carbonyl (C=O) groups is 1. The zero-order valence-electron chi connectivity index (χ0n) is 13.8. The molecule has 6 nitrogen and oxygen atoms in total. The number of fused-ring (bicyclic) bond motifs is 1. The maximum Gasteiger partial charge on any atom is 0.222 e. The summed E-state index contributed by atoms with van der Waals surface area (Å²) < 4.78 is 2.15. The van der Waals surface area contributed by atoms with Crippen molar-refractivity contribution in [3.8, 4) is 0 Å². The van der Waals surface area contributed by atoms with E-state index in [1.807, 2.05) is 29.4 Å². The molecule has 6 heteroatoms. The maximum absolute atomic E-state index is 11.8. The molecule has 1 atom stereocenters. The molecule has 0 spiro atoms. The minimum absolute atomic E-state index is 0.303. The number of rotatable bonds is 5. The molecule has 1 saturated heterocycles. The average Bonchev–Trinajstić information content (AvgIpc) is 3.22. The highest BCUT2D eigenvalue weighted by atomic mass is 16.2. The molecular formula is C18H23N5O. The van der Waals surface area contributed by atoms with E-state index in [1.165, 1.54) is 5.69 Å². The fraction of sp³-hybridized carbons (Fsp3) is 0.500. The van der Waals surface area contributed by atoms with Gasteiger partial charge in [0, 0.05) is 51.5 Å². The third kappa shape index (κ3) is 3.19. The summed E-state index contributed by atoms with van der Waals surface area (Å²) in [5.41, 5.74) is 2.34. The summed E-state index contributed by atoms with van der Waals surface area (Å²) in [6.07, 6.45) is 6.40. The van der Waals surface area contributed by atoms with Gasteiger partial charge in [0.25, 0.3) is 0 Å². The van der Waals surface area contributed by atoms with Gasteiger partial charge in [0.15, 0.2) is 0 Å². The van der Waals surface area contributed by atoms with E-state index in [-0.39, 0.29) is 0 Å². The molecule has 4 heterocycles. The summed E-state index contributed by atoms with van der Waals surface area (Å²) >= 11 is 0. The summed E-state index contributed by atoms with van der Waals surface area (Å²) in [6, 6.07) is 8.47. The van der Waals surface area contributed by atoms with Gasteiger partial charge in [-0.25, -0.2) is 0 Å². The van der Waals surface area contributed by atoms with E-state index < -0.39 is 0 Å². The van der Waals surface area contributed by atoms with Gasteiger partial charge in [0.05, 0.1) is 17.4 Å². The number of carbonyl (C=O) groups excluding carboxylic acids is 1. The minimum Gasteiger partial charge on any atom is -0.343 e. The number of amides is 1. The van der Waals surface area contributed by atoms with E-state index in [9.17, 15) is 4.79 Å². The van der Waals surface area contributed by atoms with Crippen LogP contribution >= 0.6 is 0 Å². The largest absolute Gasteiger partial charge is 0.343 e. The minimum atomic E-state index is 0.303. The number of hydrogen-bond acceptors (Lipinski definition) is 4. The smallest absolute Gasteiger partial charge is 0.222 e. The van der Waals surface area contributed by atoms with E-state index in [0.717, 1.165) is 51.3 Å². The van der Waals surface area contributed by atoms with Crippen molar-refractivity contribution in [2.45, 2.75) is 38.4 Å². The molecule has 1 amide bonds. The highest BCUT2D eigenvalue weighted by Crippen LogP contribution is 2.25. The Morgan fingerprint density at radius 1 is 1.21 bits per heavy atom. The molecule has 24 heavy (non-hydrogen) atoms. The van der Waals surface area contributed by atoms with E-state index in [2.05, 4.69) is 31.8 Å². The second-order valence-electron chi connectivity index (χ2n) is 6.68. The Morgan fingerprint density at radius 3 is 2.96 bits per heavy atom. The van der Waals surface area contributed by atoms with Crippen LogP contribution in [0.2, 0.25) is 0 Å². The highest BCUT2D eigenvalue weighted by Gasteiger charge is 2.27. The lowest BCUT2D eigenvalue weighted by molar-refractivity contribution is -0.127. The molecule has 1 fully saturated rings. The SMILES string of the molecule is O=C1CCCN1CC[C@@H]1CN(Cc2ccccn2)Cc2ccnn21. The molecule has 0 saturated carbocycles. The average molecular weight is 325 g/mol. The molecule has 0 aromatic carbocycles. The molecule has 0 bridgehead atoms. The Hall–Kier alpha value is -2.21. The van der Waals surface area contributed by atoms with Crippen molar-refractivity contribution >= 4 is 5.91 Å². The van der Waals surface area contributed by atoms with E-state index in [4.69, 9.17) is 0 Å². The third-order valence-corrected chi connectivity index (χ3v) is 4.97. The van der Waals surface area contributed by atoms with Gasteiger partial charge in [-0.05, 0) is 31.0 Å². The summed E-state index contributed by atoms with van der Waals surface area (Å²) in [4.78, 5) is 20.7. The molecule has 126 valence electrons. The van der Waals surface area contributed by atoms with Gasteiger partial charge in [0.2, 0.25) is 5.91 Å². The van der Waals surface area contributed by atoms with Crippen LogP contribution in [0.4, 0.5) is 0 Å². The van der Waals surface area contributed by atoms with Gasteiger partial charge in [-0.3, -0.25) is 19.4 Å². The Bertz CT molecular complexity index is 698. The molecule has 2 aliphatic heterocycles. The van der Waals surface area contributed by atoms with Gasteiger partial charge in [-0.2, -0.15) is 5.10 Å². The summed E-state index contributed by atoms with van der Waals surface area (Å²) in [5.74, 6) is 0.303. The summed E-state index contributed by atoms with van der Waals surface area (Å²) in [6.45, 7) is 4.45. The van der Waals surface area contributed by atoms with Crippen LogP contribution in [0.15, 0.2) is 36.7 Å². The van der Waals surface area contributed by atoms with Crippen LogP contribution in [0.5, 0.6) is 0 Å². The predicted molar refractivity (Wildman–Crippen MR) is 90.0 cm³/mol. The number of nitrogens with zero attached hydrogens (tertiary/aromatic N) is 5. The number of hydrogen-bond donors (Lipinski definition) is 0. The van der Waals surface area contributed by atoms with Gasteiger partial charge in [-0.15, -0.1) is 0 Å². The van der Waals surface area contributed by atoms with Crippen molar-refractivity contribution in [1.82, 2.24) is 24.6 Å². The normalized spacial score (nSPS) is 21.2. The standard InChI is InChI=1S/C18H23N5O/c24-18-5-3-10-22(18)11-7-17-14-21(12-15-4-1-2-8-19-15)13-16-6-9-20-23(16)17/h1-2,4,6,8-9,17H,3,5,7,10-14H2/t17-/m1/s1. The van der Waals surface area contributed by atoms with Crippen molar-refractivity contribution in [3.63, 3.8) is 0 Å². The highest BCUT2D eigenvalue weighted by molar-refractivity contribution is 5.77. The Morgan fingerprint density at radius 2 is 2.17 bits per heavy atom. The molecule has 2 aromatic heterocycles. The molecule has 0 aliphatic carbocycles. The first-order chi connectivity index (χ1) is 11.8. The van der Waals surface area contributed by atoms with E-state index in [0.29, 0.717) is 18.4 Å². The van der Waals surface area contributed by atoms with Crippen LogP contribution in [0.25, 0.3) is 0 Å². The Balaban J connectivity index is 1.44. The zero-order valence-corrected chi connectivity index (χ0v) is 13.8. The molecule has 2 aliphatic rings. The van der Waals surface area contributed by atoms with Crippen LogP contribution in [0.1, 0.15) is 36.7 Å². The van der Waals surface area contributed by atoms with Crippen LogP contribution in [-0.4, -0.2) is 50.1 Å². The van der Waals surface area contributed by atoms with Crippen molar-refractivity contribution in [2.75, 3.05) is 19.6 Å². The van der Waals surface area contributed by atoms with Gasteiger partial charge in [0.1, 0.15) is 0 Å². The first-order valence-electron chi connectivity index (χ1n) is 8.72. The third-order valence-electron chi connectivity index (χ3n) is 4.97. The second-order valence-corrected chi connectivity index (χ2v) is 6.68. The lowest BCUT2D eigenvalue weighted by atomic mass is 10.1. The molecule has 0 N–H and O–H groups in total. The molecule has 4 rings (SSSR count). The summed E-state index contributed by atoms with van der Waals surface area (Å²) in [5, 5.41) is 4.51. The molecule has 0 radical (unpaired) electrons. The van der Waals surface area contributed by atoms with Crippen LogP contribution in [0.3, 0.4) is 0 Å². The van der Waals surface area contributed by atoms with E-state index in [1.54, 1.807) is 0 Å². The van der Waals surface area contributed by atoms with E-state index >= 15 is 0 Å². The first kappa shape index (κ1) is 15.3. The van der Waals surface area contributed by atoms with Crippen molar-refractivity contribution in [2.24, 2.45) is 0 Å². The molecule has 2 aromatic rings. The lowest BCUT2D eigenvalue weighted by Gasteiger charge is -2.34. The van der Waals surface area contributed by atoms with Crippen molar-refractivity contribution in [1.29, 1.82) is 0 Å². The topological polar surface area (TPSA) is 54.3 Å². The van der Waals surface area contributed by atoms with Gasteiger partial charge in [-0.1, -0.05) is 6.07 Å². The van der Waals surface area contributed by atoms with Crippen molar-refractivity contribution in [3.05, 3.63) is 48.0 Å². The van der Waals surface area contributed by atoms with Gasteiger partial charge >= 0.3 is 0 Å². The maximum atomic E-state index is 11.8. The van der Waals surface area contributed by atoms with Crippen LogP contribution in [0, 0.1) is 0 Å². The number of aromatic nitrogens is 3. The molecular weight excluding hydrogens is 302 g/mol.